The van der Waals surface area contributed by atoms with E-state index in [2.05, 4.69) is 9.97 Å². The maximum absolute atomic E-state index is 12.6. The van der Waals surface area contributed by atoms with E-state index in [4.69, 9.17) is 16.3 Å². The fourth-order valence-electron chi connectivity index (χ4n) is 2.06. The number of carbonyl (C=O) groups excluding carboxylic acids is 1. The molecule has 0 radical (unpaired) electrons. The van der Waals surface area contributed by atoms with Gasteiger partial charge >= 0.3 is 0 Å². The molecule has 0 unspecified atom stereocenters. The van der Waals surface area contributed by atoms with Crippen LogP contribution >= 0.6 is 11.6 Å². The summed E-state index contributed by atoms with van der Waals surface area (Å²) in [6.45, 7) is 0. The zero-order valence-corrected chi connectivity index (χ0v) is 12.0. The van der Waals surface area contributed by atoms with E-state index < -0.39 is 0 Å². The van der Waals surface area contributed by atoms with E-state index in [1.807, 2.05) is 24.3 Å². The van der Waals surface area contributed by atoms with Crippen molar-refractivity contribution in [3.63, 3.8) is 0 Å². The molecule has 0 saturated carbocycles. The summed E-state index contributed by atoms with van der Waals surface area (Å²) in [5.41, 5.74) is 2.04. The van der Waals surface area contributed by atoms with Crippen molar-refractivity contribution in [1.29, 1.82) is 0 Å². The van der Waals surface area contributed by atoms with E-state index >= 15 is 0 Å². The van der Waals surface area contributed by atoms with Gasteiger partial charge in [-0.3, -0.25) is 9.78 Å². The Labute approximate surface area is 126 Å². The lowest BCUT2D eigenvalue weighted by atomic mass is 10.1. The van der Waals surface area contributed by atoms with E-state index in [0.717, 1.165) is 5.52 Å². The number of hydrogen-bond acceptors (Lipinski definition) is 4. The molecule has 0 aliphatic heterocycles. The number of para-hydroxylation sites is 2. The third kappa shape index (κ3) is 2.58. The molecular weight excluding hydrogens is 288 g/mol. The smallest absolute Gasteiger partial charge is 0.216 e. The van der Waals surface area contributed by atoms with Crippen LogP contribution in [0.15, 0.2) is 48.7 Å². The molecule has 1 aromatic heterocycles. The third-order valence-electron chi connectivity index (χ3n) is 3.09. The van der Waals surface area contributed by atoms with Gasteiger partial charge in [0.25, 0.3) is 0 Å². The summed E-state index contributed by atoms with van der Waals surface area (Å²) in [5.74, 6) is 0.187. The summed E-state index contributed by atoms with van der Waals surface area (Å²) < 4.78 is 5.20. The molecule has 4 nitrogen and oxygen atoms in total. The van der Waals surface area contributed by atoms with Gasteiger partial charge in [-0.05, 0) is 30.3 Å². The van der Waals surface area contributed by atoms with Gasteiger partial charge in [-0.25, -0.2) is 4.98 Å². The fourth-order valence-corrected chi connectivity index (χ4v) is 2.23. The van der Waals surface area contributed by atoms with E-state index in [1.165, 1.54) is 13.3 Å². The van der Waals surface area contributed by atoms with Gasteiger partial charge in [0.2, 0.25) is 5.78 Å². The second-order valence-corrected chi connectivity index (χ2v) is 4.85. The molecular formula is C16H11ClN2O2. The number of carbonyl (C=O) groups is 1. The molecule has 2 aromatic carbocycles. The Kier molecular flexibility index (Phi) is 3.54. The van der Waals surface area contributed by atoms with Crippen LogP contribution < -0.4 is 4.74 Å². The molecule has 21 heavy (non-hydrogen) atoms. The number of hydrogen-bond donors (Lipinski definition) is 0. The zero-order valence-electron chi connectivity index (χ0n) is 11.2. The lowest BCUT2D eigenvalue weighted by Crippen LogP contribution is -2.07. The predicted molar refractivity (Wildman–Crippen MR) is 81.0 cm³/mol. The quantitative estimate of drug-likeness (QED) is 0.694. The molecule has 0 aliphatic rings. The zero-order chi connectivity index (χ0) is 14.8. The number of ether oxygens (including phenoxy) is 1. The Morgan fingerprint density at radius 1 is 1.14 bits per heavy atom. The highest BCUT2D eigenvalue weighted by Gasteiger charge is 2.17. The number of methoxy groups -OCH3 is 1. The van der Waals surface area contributed by atoms with Crippen LogP contribution in [0.1, 0.15) is 16.1 Å². The van der Waals surface area contributed by atoms with Crippen molar-refractivity contribution >= 4 is 28.4 Å². The summed E-state index contributed by atoms with van der Waals surface area (Å²) in [6, 6.07) is 12.3. The standard InChI is InChI=1S/C16H11ClN2O2/c1-21-15-7-6-10(17)8-11(15)16(20)14-9-18-12-4-2-3-5-13(12)19-14/h2-9H,1H3. The summed E-state index contributed by atoms with van der Waals surface area (Å²) in [6.07, 6.45) is 1.46. The molecule has 5 heteroatoms. The number of aromatic nitrogens is 2. The van der Waals surface area contributed by atoms with Gasteiger partial charge in [-0.1, -0.05) is 23.7 Å². The minimum Gasteiger partial charge on any atom is -0.496 e. The second-order valence-electron chi connectivity index (χ2n) is 4.42. The second kappa shape index (κ2) is 5.50. The first-order valence-corrected chi connectivity index (χ1v) is 6.67. The molecule has 0 atom stereocenters. The molecule has 0 spiro atoms. The number of ketones is 1. The molecule has 3 aromatic rings. The van der Waals surface area contributed by atoms with Crippen molar-refractivity contribution in [2.45, 2.75) is 0 Å². The van der Waals surface area contributed by atoms with Crippen LogP contribution in [0.3, 0.4) is 0 Å². The highest BCUT2D eigenvalue weighted by Crippen LogP contribution is 2.25. The Hall–Kier alpha value is -2.46. The molecule has 0 bridgehead atoms. The predicted octanol–water partition coefficient (Wildman–Crippen LogP) is 3.52. The number of nitrogens with zero attached hydrogens (tertiary/aromatic N) is 2. The van der Waals surface area contributed by atoms with E-state index in [0.29, 0.717) is 21.9 Å². The molecule has 0 amide bonds. The number of halogens is 1. The molecule has 104 valence electrons. The van der Waals surface area contributed by atoms with Gasteiger partial charge in [-0.2, -0.15) is 0 Å². The van der Waals surface area contributed by atoms with Crippen LogP contribution in [0.25, 0.3) is 11.0 Å². The highest BCUT2D eigenvalue weighted by atomic mass is 35.5. The third-order valence-corrected chi connectivity index (χ3v) is 3.32. The molecule has 0 aliphatic carbocycles. The first-order chi connectivity index (χ1) is 10.2. The minimum absolute atomic E-state index is 0.259. The van der Waals surface area contributed by atoms with Crippen molar-refractivity contribution in [2.24, 2.45) is 0 Å². The van der Waals surface area contributed by atoms with E-state index in [9.17, 15) is 4.79 Å². The summed E-state index contributed by atoms with van der Waals surface area (Å²) in [7, 11) is 1.51. The van der Waals surface area contributed by atoms with Gasteiger partial charge in [0.15, 0.2) is 0 Å². The maximum Gasteiger partial charge on any atom is 0.216 e. The maximum atomic E-state index is 12.6. The van der Waals surface area contributed by atoms with Gasteiger partial charge in [0, 0.05) is 5.02 Å². The van der Waals surface area contributed by atoms with Crippen molar-refractivity contribution in [3.8, 4) is 5.75 Å². The average molecular weight is 299 g/mol. The van der Waals surface area contributed by atoms with Crippen LogP contribution in [0.2, 0.25) is 5.02 Å². The molecule has 0 fully saturated rings. The van der Waals surface area contributed by atoms with Crippen LogP contribution in [-0.4, -0.2) is 22.9 Å². The topological polar surface area (TPSA) is 52.1 Å². The minimum atomic E-state index is -0.271. The van der Waals surface area contributed by atoms with E-state index in [1.54, 1.807) is 18.2 Å². The van der Waals surface area contributed by atoms with Crippen molar-refractivity contribution in [1.82, 2.24) is 9.97 Å². The van der Waals surface area contributed by atoms with Crippen LogP contribution in [0.4, 0.5) is 0 Å². The van der Waals surface area contributed by atoms with Gasteiger partial charge in [0.05, 0.1) is 29.9 Å². The Bertz CT molecular complexity index is 833. The van der Waals surface area contributed by atoms with Crippen molar-refractivity contribution in [3.05, 3.63) is 64.9 Å². The van der Waals surface area contributed by atoms with Crippen molar-refractivity contribution in [2.75, 3.05) is 7.11 Å². The van der Waals surface area contributed by atoms with Crippen LogP contribution in [0, 0.1) is 0 Å². The van der Waals surface area contributed by atoms with Gasteiger partial charge in [-0.15, -0.1) is 0 Å². The normalized spacial score (nSPS) is 10.6. The first kappa shape index (κ1) is 13.5. The highest BCUT2D eigenvalue weighted by molar-refractivity contribution is 6.31. The number of fused-ring (bicyclic) bond motifs is 1. The molecule has 1 heterocycles. The Morgan fingerprint density at radius 3 is 2.67 bits per heavy atom. The number of benzene rings is 2. The number of rotatable bonds is 3. The fraction of sp³-hybridized carbons (Fsp3) is 0.0625. The monoisotopic (exact) mass is 298 g/mol. The SMILES string of the molecule is COc1ccc(Cl)cc1C(=O)c1cnc2ccccc2n1. The average Bonchev–Trinajstić information content (AvgIpc) is 2.53. The lowest BCUT2D eigenvalue weighted by molar-refractivity contribution is 0.103. The summed E-state index contributed by atoms with van der Waals surface area (Å²) in [5, 5.41) is 0.466. The van der Waals surface area contributed by atoms with Crippen LogP contribution in [0.5, 0.6) is 5.75 Å². The van der Waals surface area contributed by atoms with E-state index in [-0.39, 0.29) is 11.5 Å². The first-order valence-electron chi connectivity index (χ1n) is 6.29. The summed E-state index contributed by atoms with van der Waals surface area (Å²) in [4.78, 5) is 21.2. The van der Waals surface area contributed by atoms with Crippen LogP contribution in [-0.2, 0) is 0 Å². The summed E-state index contributed by atoms with van der Waals surface area (Å²) >= 11 is 5.96. The Morgan fingerprint density at radius 2 is 1.90 bits per heavy atom. The van der Waals surface area contributed by atoms with Crippen molar-refractivity contribution < 1.29 is 9.53 Å². The molecule has 3 rings (SSSR count). The molecule has 0 N–H and O–H groups in total. The molecule has 0 saturated heterocycles. The Balaban J connectivity index is 2.10. The van der Waals surface area contributed by atoms with Gasteiger partial charge < -0.3 is 4.74 Å². The van der Waals surface area contributed by atoms with Gasteiger partial charge in [0.1, 0.15) is 11.4 Å². The lowest BCUT2D eigenvalue weighted by Gasteiger charge is -2.08. The largest absolute Gasteiger partial charge is 0.496 e.